The molecule has 2 atom stereocenters. The van der Waals surface area contributed by atoms with E-state index in [1.54, 1.807) is 34.7 Å². The van der Waals surface area contributed by atoms with Crippen molar-refractivity contribution >= 4 is 28.7 Å². The first kappa shape index (κ1) is 45.7. The van der Waals surface area contributed by atoms with Crippen LogP contribution in [0.1, 0.15) is 34.4 Å². The Hall–Kier alpha value is -5.97. The van der Waals surface area contributed by atoms with Gasteiger partial charge in [-0.25, -0.2) is 18.4 Å². The normalized spacial score (nSPS) is 12.5. The van der Waals surface area contributed by atoms with E-state index in [0.29, 0.717) is 22.2 Å². The van der Waals surface area contributed by atoms with Crippen LogP contribution in [0.25, 0.3) is 22.0 Å². The number of aromatic nitrogens is 1. The maximum Gasteiger partial charge on any atom is 0.416 e. The molecule has 0 saturated carbocycles. The van der Waals surface area contributed by atoms with Gasteiger partial charge in [0.2, 0.25) is 5.91 Å². The second-order valence-electron chi connectivity index (χ2n) is 14.1. The van der Waals surface area contributed by atoms with Gasteiger partial charge in [-0.1, -0.05) is 54.6 Å². The maximum atomic E-state index is 14.5. The van der Waals surface area contributed by atoms with Crippen molar-refractivity contribution in [3.8, 4) is 11.1 Å². The lowest BCUT2D eigenvalue weighted by Gasteiger charge is -2.22. The van der Waals surface area contributed by atoms with Crippen molar-refractivity contribution in [1.29, 1.82) is 0 Å². The number of rotatable bonds is 15. The van der Waals surface area contributed by atoms with Crippen LogP contribution in [0.3, 0.4) is 0 Å². The summed E-state index contributed by atoms with van der Waals surface area (Å²) in [7, 11) is 5.68. The first-order valence-corrected chi connectivity index (χ1v) is 18.3. The highest BCUT2D eigenvalue weighted by atomic mass is 19.4. The van der Waals surface area contributed by atoms with Crippen LogP contribution in [0, 0.1) is 11.6 Å². The summed E-state index contributed by atoms with van der Waals surface area (Å²) >= 11 is 0. The second-order valence-corrected chi connectivity index (χ2v) is 14.1. The van der Waals surface area contributed by atoms with Crippen LogP contribution in [0.15, 0.2) is 95.8 Å². The number of carbonyl (C=O) groups is 3. The molecular formula is C43H44F5N3O8. The zero-order valence-corrected chi connectivity index (χ0v) is 32.4. The van der Waals surface area contributed by atoms with Gasteiger partial charge in [-0.05, 0) is 104 Å². The molecule has 16 heteroatoms. The van der Waals surface area contributed by atoms with Crippen LogP contribution in [-0.4, -0.2) is 92.5 Å². The van der Waals surface area contributed by atoms with Crippen molar-refractivity contribution < 1.29 is 56.8 Å². The number of hydrogen-bond donors (Lipinski definition) is 4. The molecule has 1 amide bonds. The van der Waals surface area contributed by atoms with Crippen LogP contribution < -0.4 is 5.43 Å². The van der Waals surface area contributed by atoms with Gasteiger partial charge in [0.05, 0.1) is 11.1 Å². The number of likely N-dealkylation sites (N-methyl/N-ethyl adjacent to an activating group) is 1. The SMILES string of the molecule is CN(C)CCCc1ccc2c(=O)cc(CCc3cccc(F)c3F)n(CC(=O)N(C)Cc3ccc(-c4ccc(C(F)(F)F)cc4)cc3)c2c1.O=C(O)C(O)C(O)C(=O)O. The van der Waals surface area contributed by atoms with E-state index < -0.39 is 47.5 Å². The predicted octanol–water partition coefficient (Wildman–Crippen LogP) is 5.78. The molecule has 5 rings (SSSR count). The number of nitrogens with zero attached hydrogens (tertiary/aromatic N) is 3. The minimum absolute atomic E-state index is 0.0843. The molecule has 0 aliphatic carbocycles. The first-order valence-electron chi connectivity index (χ1n) is 18.3. The molecule has 0 aliphatic rings. The quantitative estimate of drug-likeness (QED) is 0.0960. The standard InChI is InChI=1S/C39H38F5N3O2.C4H6O6/c1-45(2)21-5-6-26-11-20-33-35(22-26)47(32(23-36(33)48)19-16-30-7-4-8-34(40)38(30)41)25-37(49)46(3)24-27-9-12-28(13-10-27)29-14-17-31(18-15-29)39(42,43)44;5-1(3(7)8)2(6)4(9)10/h4,7-15,17-18,20,22-23H,5-6,16,19,21,24-25H2,1-3H3;1-2,5-6H,(H,7,8)(H,9,10). The summed E-state index contributed by atoms with van der Waals surface area (Å²) in [6.45, 7) is 1.07. The number of aliphatic hydroxyl groups excluding tert-OH is 2. The molecule has 0 spiro atoms. The molecule has 4 aromatic carbocycles. The van der Waals surface area contributed by atoms with E-state index in [0.717, 1.165) is 54.3 Å². The number of amides is 1. The molecule has 0 aliphatic heterocycles. The van der Waals surface area contributed by atoms with Gasteiger partial charge >= 0.3 is 18.1 Å². The first-order chi connectivity index (χ1) is 27.8. The van der Waals surface area contributed by atoms with E-state index >= 15 is 0 Å². The number of pyridine rings is 1. The Kier molecular flexibility index (Phi) is 15.6. The van der Waals surface area contributed by atoms with Crippen LogP contribution in [0.2, 0.25) is 0 Å². The van der Waals surface area contributed by atoms with Crippen molar-refractivity contribution in [3.63, 3.8) is 0 Å². The number of carboxylic acids is 2. The number of alkyl halides is 3. The Morgan fingerprint density at radius 1 is 0.746 bits per heavy atom. The second kappa shape index (κ2) is 20.1. The third-order valence-electron chi connectivity index (χ3n) is 9.46. The van der Waals surface area contributed by atoms with Gasteiger partial charge in [-0.3, -0.25) is 9.59 Å². The van der Waals surface area contributed by atoms with E-state index in [4.69, 9.17) is 20.4 Å². The van der Waals surface area contributed by atoms with Crippen molar-refractivity contribution in [1.82, 2.24) is 14.4 Å². The van der Waals surface area contributed by atoms with Crippen LogP contribution >= 0.6 is 0 Å². The number of aliphatic hydroxyl groups is 2. The molecular weight excluding hydrogens is 781 g/mol. The number of halogens is 5. The van der Waals surface area contributed by atoms with Gasteiger partial charge in [0.15, 0.2) is 29.3 Å². The summed E-state index contributed by atoms with van der Waals surface area (Å²) in [5.41, 5.74) is 3.61. The van der Waals surface area contributed by atoms with Crippen LogP contribution in [0.4, 0.5) is 22.0 Å². The van der Waals surface area contributed by atoms with Crippen molar-refractivity contribution in [2.24, 2.45) is 0 Å². The fourth-order valence-electron chi connectivity index (χ4n) is 6.17. The van der Waals surface area contributed by atoms with E-state index in [1.807, 2.05) is 38.4 Å². The predicted molar refractivity (Wildman–Crippen MR) is 209 cm³/mol. The Labute approximate surface area is 336 Å². The molecule has 11 nitrogen and oxygen atoms in total. The van der Waals surface area contributed by atoms with Gasteiger partial charge < -0.3 is 34.8 Å². The fourth-order valence-corrected chi connectivity index (χ4v) is 6.17. The zero-order valence-electron chi connectivity index (χ0n) is 32.4. The average Bonchev–Trinajstić information content (AvgIpc) is 3.19. The molecule has 1 heterocycles. The number of carbonyl (C=O) groups excluding carboxylic acids is 1. The van der Waals surface area contributed by atoms with Gasteiger partial charge in [0.25, 0.3) is 0 Å². The Morgan fingerprint density at radius 3 is 1.88 bits per heavy atom. The Morgan fingerprint density at radius 2 is 1.32 bits per heavy atom. The molecule has 0 radical (unpaired) electrons. The van der Waals surface area contributed by atoms with E-state index in [-0.39, 0.29) is 42.8 Å². The third kappa shape index (κ3) is 12.5. The van der Waals surface area contributed by atoms with Gasteiger partial charge in [0.1, 0.15) is 6.54 Å². The summed E-state index contributed by atoms with van der Waals surface area (Å²) in [4.78, 5) is 50.2. The Bertz CT molecular complexity index is 2290. The molecule has 1 aromatic heterocycles. The molecule has 59 heavy (non-hydrogen) atoms. The fraction of sp³-hybridized carbons (Fsp3) is 0.302. The summed E-state index contributed by atoms with van der Waals surface area (Å²) in [5.74, 6) is -5.64. The summed E-state index contributed by atoms with van der Waals surface area (Å²) in [6.07, 6.45) is -6.92. The highest BCUT2D eigenvalue weighted by Crippen LogP contribution is 2.31. The van der Waals surface area contributed by atoms with Crippen molar-refractivity contribution in [2.45, 2.75) is 57.2 Å². The highest BCUT2D eigenvalue weighted by molar-refractivity contribution is 5.84. The summed E-state index contributed by atoms with van der Waals surface area (Å²) in [6, 6.07) is 23.3. The zero-order chi connectivity index (χ0) is 43.6. The van der Waals surface area contributed by atoms with E-state index in [1.165, 1.54) is 30.3 Å². The lowest BCUT2D eigenvalue weighted by Crippen LogP contribution is -2.39. The van der Waals surface area contributed by atoms with Gasteiger partial charge in [0, 0.05) is 30.7 Å². The average molecular weight is 826 g/mol. The Balaban J connectivity index is 0.000000680. The highest BCUT2D eigenvalue weighted by Gasteiger charge is 2.30. The number of hydrogen-bond acceptors (Lipinski definition) is 7. The van der Waals surface area contributed by atoms with Gasteiger partial charge in [-0.15, -0.1) is 0 Å². The van der Waals surface area contributed by atoms with E-state index in [2.05, 4.69) is 4.90 Å². The summed E-state index contributed by atoms with van der Waals surface area (Å²) in [5, 5.41) is 33.0. The molecule has 4 N–H and O–H groups in total. The lowest BCUT2D eigenvalue weighted by molar-refractivity contribution is -0.165. The molecule has 314 valence electrons. The third-order valence-corrected chi connectivity index (χ3v) is 9.46. The number of carboxylic acid groups (broad SMARTS) is 2. The molecule has 0 saturated heterocycles. The van der Waals surface area contributed by atoms with Crippen molar-refractivity contribution in [2.75, 3.05) is 27.7 Å². The molecule has 5 aromatic rings. The van der Waals surface area contributed by atoms with Crippen molar-refractivity contribution in [3.05, 3.63) is 141 Å². The number of benzene rings is 4. The molecule has 2 unspecified atom stereocenters. The number of aliphatic carboxylic acids is 2. The summed E-state index contributed by atoms with van der Waals surface area (Å²) < 4.78 is 69.1. The number of fused-ring (bicyclic) bond motifs is 1. The van der Waals surface area contributed by atoms with Crippen LogP contribution in [0.5, 0.6) is 0 Å². The lowest BCUT2D eigenvalue weighted by atomic mass is 10.0. The number of aryl methyl sites for hydroxylation is 3. The topological polar surface area (TPSA) is 161 Å². The smallest absolute Gasteiger partial charge is 0.416 e. The molecule has 0 fully saturated rings. The van der Waals surface area contributed by atoms with E-state index in [9.17, 15) is 41.1 Å². The monoisotopic (exact) mass is 825 g/mol. The maximum absolute atomic E-state index is 14.5. The largest absolute Gasteiger partial charge is 0.479 e. The minimum Gasteiger partial charge on any atom is -0.479 e. The van der Waals surface area contributed by atoms with Gasteiger partial charge in [-0.2, -0.15) is 13.2 Å². The molecule has 0 bridgehead atoms. The van der Waals surface area contributed by atoms with Crippen LogP contribution in [-0.2, 0) is 52.9 Å². The minimum atomic E-state index is -4.41.